The van der Waals surface area contributed by atoms with E-state index in [-0.39, 0.29) is 0 Å². The van der Waals surface area contributed by atoms with Crippen LogP contribution in [0.15, 0.2) is 0 Å². The quantitative estimate of drug-likeness (QED) is 0.529. The molecule has 0 spiro atoms. The zero-order chi connectivity index (χ0) is 10.8. The molecule has 0 bridgehead atoms. The molecule has 0 aliphatic carbocycles. The van der Waals surface area contributed by atoms with Crippen molar-refractivity contribution in [3.8, 4) is 0 Å². The van der Waals surface area contributed by atoms with E-state index in [1.807, 2.05) is 13.8 Å². The molecule has 4 nitrogen and oxygen atoms in total. The predicted molar refractivity (Wildman–Crippen MR) is 58.9 cm³/mol. The highest BCUT2D eigenvalue weighted by atomic mass is 32.2. The van der Waals surface area contributed by atoms with E-state index >= 15 is 0 Å². The van der Waals surface area contributed by atoms with Gasteiger partial charge in [0.2, 0.25) is 0 Å². The number of nitrogens with one attached hydrogen (secondary N) is 1. The molecule has 14 heavy (non-hydrogen) atoms. The molecule has 0 amide bonds. The van der Waals surface area contributed by atoms with Crippen LogP contribution in [0.5, 0.6) is 0 Å². The minimum absolute atomic E-state index is 0.361. The molecule has 0 saturated heterocycles. The van der Waals surface area contributed by atoms with Gasteiger partial charge in [-0.1, -0.05) is 6.92 Å². The predicted octanol–water partition coefficient (Wildman–Crippen LogP) is -0.258. The first-order chi connectivity index (χ1) is 6.70. The van der Waals surface area contributed by atoms with Gasteiger partial charge in [-0.25, -0.2) is 0 Å². The summed E-state index contributed by atoms with van der Waals surface area (Å²) in [6.07, 6.45) is -0.468. The van der Waals surface area contributed by atoms with E-state index in [9.17, 15) is 9.32 Å². The Labute approximate surface area is 88.5 Å². The van der Waals surface area contributed by atoms with Gasteiger partial charge in [0.15, 0.2) is 0 Å². The van der Waals surface area contributed by atoms with Crippen molar-refractivity contribution in [2.24, 2.45) is 0 Å². The zero-order valence-electron chi connectivity index (χ0n) is 8.99. The van der Waals surface area contributed by atoms with Crippen LogP contribution in [0.1, 0.15) is 13.8 Å². The van der Waals surface area contributed by atoms with Crippen molar-refractivity contribution in [1.82, 2.24) is 5.32 Å². The molecule has 0 heterocycles. The second kappa shape index (κ2) is 9.58. The number of hydrogen-bond donors (Lipinski definition) is 2. The molecule has 0 aromatic heterocycles. The fourth-order valence-corrected chi connectivity index (χ4v) is 1.57. The number of ether oxygens (including phenoxy) is 1. The maximum absolute atomic E-state index is 11.0. The minimum Gasteiger partial charge on any atom is -0.389 e. The molecule has 86 valence electrons. The average molecular weight is 223 g/mol. The molecule has 0 aliphatic heterocycles. The molecule has 0 aliphatic rings. The molecule has 0 saturated carbocycles. The molecule has 2 unspecified atom stereocenters. The van der Waals surface area contributed by atoms with Gasteiger partial charge in [0, 0.05) is 42.0 Å². The molecule has 0 aromatic rings. The SMILES string of the molecule is CCOCC(O)CNCCS(=O)CC. The molecular weight excluding hydrogens is 202 g/mol. The normalized spacial score (nSPS) is 15.4. The summed E-state index contributed by atoms with van der Waals surface area (Å²) < 4.78 is 16.1. The summed E-state index contributed by atoms with van der Waals surface area (Å²) in [6.45, 7) is 5.96. The Morgan fingerprint density at radius 1 is 1.50 bits per heavy atom. The van der Waals surface area contributed by atoms with E-state index in [4.69, 9.17) is 4.74 Å². The van der Waals surface area contributed by atoms with Gasteiger partial charge in [0.05, 0.1) is 12.7 Å². The Kier molecular flexibility index (Phi) is 9.60. The zero-order valence-corrected chi connectivity index (χ0v) is 9.81. The largest absolute Gasteiger partial charge is 0.389 e. The molecular formula is C9H21NO3S. The third-order valence-electron chi connectivity index (χ3n) is 1.72. The molecule has 0 fully saturated rings. The number of hydrogen-bond acceptors (Lipinski definition) is 4. The molecule has 2 N–H and O–H groups in total. The van der Waals surface area contributed by atoms with Gasteiger partial charge >= 0.3 is 0 Å². The third kappa shape index (κ3) is 8.62. The van der Waals surface area contributed by atoms with Gasteiger partial charge in [-0.3, -0.25) is 4.21 Å². The van der Waals surface area contributed by atoms with Crippen LogP contribution in [0.2, 0.25) is 0 Å². The Morgan fingerprint density at radius 2 is 2.21 bits per heavy atom. The first-order valence-corrected chi connectivity index (χ1v) is 6.51. The Bertz CT molecular complexity index is 155. The lowest BCUT2D eigenvalue weighted by atomic mass is 10.4. The van der Waals surface area contributed by atoms with E-state index in [0.717, 1.165) is 0 Å². The number of rotatable bonds is 9. The number of aliphatic hydroxyl groups excluding tert-OH is 1. The van der Waals surface area contributed by atoms with Crippen LogP contribution in [0.4, 0.5) is 0 Å². The van der Waals surface area contributed by atoms with Gasteiger partial charge in [-0.2, -0.15) is 0 Å². The lowest BCUT2D eigenvalue weighted by Crippen LogP contribution is -2.32. The van der Waals surface area contributed by atoms with Crippen LogP contribution in [0, 0.1) is 0 Å². The molecule has 5 heteroatoms. The van der Waals surface area contributed by atoms with Gasteiger partial charge < -0.3 is 15.2 Å². The van der Waals surface area contributed by atoms with Crippen LogP contribution in [-0.2, 0) is 15.5 Å². The van der Waals surface area contributed by atoms with Gasteiger partial charge in [0.1, 0.15) is 0 Å². The topological polar surface area (TPSA) is 58.6 Å². The molecule has 0 aromatic carbocycles. The monoisotopic (exact) mass is 223 g/mol. The van der Waals surface area contributed by atoms with Crippen molar-refractivity contribution in [2.75, 3.05) is 37.8 Å². The summed E-state index contributed by atoms with van der Waals surface area (Å²) >= 11 is 0. The second-order valence-corrected chi connectivity index (χ2v) is 4.82. The van der Waals surface area contributed by atoms with E-state index in [0.29, 0.717) is 37.8 Å². The molecule has 0 rings (SSSR count). The highest BCUT2D eigenvalue weighted by Crippen LogP contribution is 1.84. The fourth-order valence-electron chi connectivity index (χ4n) is 0.912. The highest BCUT2D eigenvalue weighted by molar-refractivity contribution is 7.84. The first kappa shape index (κ1) is 14.0. The van der Waals surface area contributed by atoms with Crippen molar-refractivity contribution in [2.45, 2.75) is 20.0 Å². The summed E-state index contributed by atoms with van der Waals surface area (Å²) in [7, 11) is -0.722. The molecule has 0 radical (unpaired) electrons. The van der Waals surface area contributed by atoms with Crippen LogP contribution >= 0.6 is 0 Å². The summed E-state index contributed by atoms with van der Waals surface area (Å²) in [4.78, 5) is 0. The maximum Gasteiger partial charge on any atom is 0.0897 e. The van der Waals surface area contributed by atoms with Crippen molar-refractivity contribution < 1.29 is 14.1 Å². The summed E-state index contributed by atoms with van der Waals surface area (Å²) in [5.74, 6) is 1.35. The van der Waals surface area contributed by atoms with Crippen molar-refractivity contribution in [1.29, 1.82) is 0 Å². The van der Waals surface area contributed by atoms with Gasteiger partial charge in [-0.15, -0.1) is 0 Å². The minimum atomic E-state index is -0.722. The van der Waals surface area contributed by atoms with Crippen LogP contribution in [0.25, 0.3) is 0 Å². The van der Waals surface area contributed by atoms with Crippen molar-refractivity contribution in [3.63, 3.8) is 0 Å². The second-order valence-electron chi connectivity index (χ2n) is 2.95. The van der Waals surface area contributed by atoms with Gasteiger partial charge in [0.25, 0.3) is 0 Å². The van der Waals surface area contributed by atoms with Crippen LogP contribution < -0.4 is 5.32 Å². The Morgan fingerprint density at radius 3 is 2.79 bits per heavy atom. The van der Waals surface area contributed by atoms with E-state index in [1.54, 1.807) is 0 Å². The Hall–Kier alpha value is 0.0300. The van der Waals surface area contributed by atoms with Crippen LogP contribution in [-0.4, -0.2) is 53.2 Å². The van der Waals surface area contributed by atoms with Crippen LogP contribution in [0.3, 0.4) is 0 Å². The Balaban J connectivity index is 3.22. The maximum atomic E-state index is 11.0. The lowest BCUT2D eigenvalue weighted by Gasteiger charge is -2.11. The average Bonchev–Trinajstić information content (AvgIpc) is 2.21. The summed E-state index contributed by atoms with van der Waals surface area (Å²) in [6, 6.07) is 0. The lowest BCUT2D eigenvalue weighted by molar-refractivity contribution is 0.0432. The fraction of sp³-hybridized carbons (Fsp3) is 1.00. The van der Waals surface area contributed by atoms with Crippen molar-refractivity contribution in [3.05, 3.63) is 0 Å². The van der Waals surface area contributed by atoms with E-state index < -0.39 is 16.9 Å². The summed E-state index contributed by atoms with van der Waals surface area (Å²) in [5.41, 5.74) is 0. The first-order valence-electron chi connectivity index (χ1n) is 5.02. The van der Waals surface area contributed by atoms with Crippen molar-refractivity contribution >= 4 is 10.8 Å². The number of aliphatic hydroxyl groups is 1. The van der Waals surface area contributed by atoms with E-state index in [2.05, 4.69) is 5.32 Å². The summed E-state index contributed by atoms with van der Waals surface area (Å²) in [5, 5.41) is 12.4. The highest BCUT2D eigenvalue weighted by Gasteiger charge is 2.02. The molecule has 2 atom stereocenters. The standard InChI is InChI=1S/C9H21NO3S/c1-3-13-8-9(11)7-10-5-6-14(12)4-2/h9-11H,3-8H2,1-2H3. The smallest absolute Gasteiger partial charge is 0.0897 e. The van der Waals surface area contributed by atoms with E-state index in [1.165, 1.54) is 0 Å². The third-order valence-corrected chi connectivity index (χ3v) is 3.03. The van der Waals surface area contributed by atoms with Gasteiger partial charge in [-0.05, 0) is 6.92 Å².